The van der Waals surface area contributed by atoms with Gasteiger partial charge in [-0.3, -0.25) is 4.79 Å². The van der Waals surface area contributed by atoms with Gasteiger partial charge in [-0.05, 0) is 84.9 Å². The van der Waals surface area contributed by atoms with Crippen LogP contribution in [-0.2, 0) is 9.53 Å². The van der Waals surface area contributed by atoms with E-state index in [2.05, 4.69) is 20.8 Å². The average molecular weight is 360 g/mol. The minimum Gasteiger partial charge on any atom is -0.829 e. The minimum absolute atomic E-state index is 0.0346. The van der Waals surface area contributed by atoms with Gasteiger partial charge in [0.15, 0.2) is 5.78 Å². The lowest BCUT2D eigenvalue weighted by atomic mass is 9.46. The highest BCUT2D eigenvalue weighted by atomic mass is 16.6. The predicted molar refractivity (Wildman–Crippen MR) is 100 cm³/mol. The first kappa shape index (κ1) is 18.7. The Hall–Kier alpha value is -0.670. The van der Waals surface area contributed by atoms with Gasteiger partial charge in [0.25, 0.3) is 0 Å². The van der Waals surface area contributed by atoms with Crippen molar-refractivity contribution in [2.45, 2.75) is 91.5 Å². The van der Waals surface area contributed by atoms with Crippen LogP contribution in [-0.4, -0.2) is 17.7 Å². The summed E-state index contributed by atoms with van der Waals surface area (Å²) >= 11 is 0. The molecule has 0 aromatic rings. The maximum Gasteiger partial charge on any atom is 0.155 e. The van der Waals surface area contributed by atoms with Crippen LogP contribution >= 0.6 is 0 Å². The molecule has 0 aromatic heterocycles. The van der Waals surface area contributed by atoms with Crippen molar-refractivity contribution in [2.24, 2.45) is 34.5 Å². The summed E-state index contributed by atoms with van der Waals surface area (Å²) < 4.78 is 6.16. The highest BCUT2D eigenvalue weighted by molar-refractivity contribution is 5.91. The molecule has 0 heterocycles. The Labute approximate surface area is 158 Å². The van der Waals surface area contributed by atoms with Crippen molar-refractivity contribution < 1.29 is 14.6 Å². The number of hydrogen-bond donors (Lipinski definition) is 0. The molecule has 146 valence electrons. The lowest BCUT2D eigenvalue weighted by Crippen LogP contribution is -2.58. The molecule has 0 N–H and O–H groups in total. The number of hydrogen-bond acceptors (Lipinski definition) is 3. The van der Waals surface area contributed by atoms with E-state index < -0.39 is 5.79 Å². The molecule has 4 rings (SSSR count). The first-order valence-corrected chi connectivity index (χ1v) is 10.7. The second kappa shape index (κ2) is 5.91. The van der Waals surface area contributed by atoms with Gasteiger partial charge in [-0.15, -0.1) is 0 Å². The van der Waals surface area contributed by atoms with E-state index in [9.17, 15) is 9.90 Å². The Morgan fingerprint density at radius 2 is 1.88 bits per heavy atom. The van der Waals surface area contributed by atoms with E-state index in [0.29, 0.717) is 29.6 Å². The van der Waals surface area contributed by atoms with E-state index in [1.54, 1.807) is 13.8 Å². The quantitative estimate of drug-likeness (QED) is 0.693. The molecule has 4 aliphatic rings. The van der Waals surface area contributed by atoms with Crippen molar-refractivity contribution in [1.82, 2.24) is 0 Å². The highest BCUT2D eigenvalue weighted by Gasteiger charge is 2.61. The Balaban J connectivity index is 1.76. The topological polar surface area (TPSA) is 49.4 Å². The van der Waals surface area contributed by atoms with Gasteiger partial charge < -0.3 is 9.84 Å². The smallest absolute Gasteiger partial charge is 0.155 e. The van der Waals surface area contributed by atoms with Gasteiger partial charge in [0, 0.05) is 6.42 Å². The number of fused-ring (bicyclic) bond motifs is 5. The van der Waals surface area contributed by atoms with Crippen molar-refractivity contribution in [3.63, 3.8) is 0 Å². The molecular weight excluding hydrogens is 324 g/mol. The van der Waals surface area contributed by atoms with E-state index in [4.69, 9.17) is 4.74 Å². The van der Waals surface area contributed by atoms with Crippen LogP contribution in [0.3, 0.4) is 0 Å². The van der Waals surface area contributed by atoms with Gasteiger partial charge in [-0.2, -0.15) is 0 Å². The molecule has 3 nitrogen and oxygen atoms in total. The van der Waals surface area contributed by atoms with Gasteiger partial charge in [0.05, 0.1) is 6.10 Å². The van der Waals surface area contributed by atoms with Crippen LogP contribution < -0.4 is 5.11 Å². The Kier molecular flexibility index (Phi) is 4.25. The molecule has 26 heavy (non-hydrogen) atoms. The number of carbonyl (C=O) groups excluding carboxylic acids is 1. The summed E-state index contributed by atoms with van der Waals surface area (Å²) in [4.78, 5) is 12.1. The van der Waals surface area contributed by atoms with Gasteiger partial charge in [0.1, 0.15) is 0 Å². The predicted octanol–water partition coefficient (Wildman–Crippen LogP) is 4.25. The zero-order chi connectivity index (χ0) is 18.9. The summed E-state index contributed by atoms with van der Waals surface area (Å²) in [5.74, 6) is 1.30. The second-order valence-corrected chi connectivity index (χ2v) is 10.6. The molecule has 3 fully saturated rings. The number of carbonyl (C=O) groups is 1. The van der Waals surface area contributed by atoms with Crippen molar-refractivity contribution >= 4 is 5.78 Å². The third-order valence-electron chi connectivity index (χ3n) is 8.87. The fraction of sp³-hybridized carbons (Fsp3) is 0.870. The highest BCUT2D eigenvalue weighted by Crippen LogP contribution is 2.67. The molecule has 0 amide bonds. The maximum absolute atomic E-state index is 12.5. The van der Waals surface area contributed by atoms with Crippen LogP contribution in [0.15, 0.2) is 11.6 Å². The summed E-state index contributed by atoms with van der Waals surface area (Å²) in [7, 11) is 0. The third-order valence-corrected chi connectivity index (χ3v) is 8.87. The molecule has 4 aliphatic carbocycles. The summed E-state index contributed by atoms with van der Waals surface area (Å²) in [5.41, 5.74) is 1.77. The van der Waals surface area contributed by atoms with E-state index in [-0.39, 0.29) is 17.3 Å². The molecule has 0 bridgehead atoms. The summed E-state index contributed by atoms with van der Waals surface area (Å²) in [5, 5.41) is 12.5. The number of ketones is 1. The number of rotatable bonds is 2. The zero-order valence-electron chi connectivity index (χ0n) is 17.1. The van der Waals surface area contributed by atoms with E-state index in [0.717, 1.165) is 18.8 Å². The lowest BCUT2D eigenvalue weighted by Gasteiger charge is -2.61. The van der Waals surface area contributed by atoms with Crippen molar-refractivity contribution in [3.8, 4) is 0 Å². The van der Waals surface area contributed by atoms with Crippen LogP contribution in [0.2, 0.25) is 0 Å². The van der Waals surface area contributed by atoms with E-state index in [1.807, 2.05) is 6.08 Å². The van der Waals surface area contributed by atoms with Crippen molar-refractivity contribution in [1.29, 1.82) is 0 Å². The molecule has 0 aliphatic heterocycles. The summed E-state index contributed by atoms with van der Waals surface area (Å²) in [6.45, 7) is 10.6. The fourth-order valence-corrected chi connectivity index (χ4v) is 7.25. The Bertz CT molecular complexity index is 630. The van der Waals surface area contributed by atoms with Gasteiger partial charge in [0.2, 0.25) is 0 Å². The molecule has 0 spiro atoms. The molecule has 0 aromatic carbocycles. The van der Waals surface area contributed by atoms with Crippen molar-refractivity contribution in [2.75, 3.05) is 0 Å². The first-order chi connectivity index (χ1) is 12.0. The molecule has 3 heteroatoms. The summed E-state index contributed by atoms with van der Waals surface area (Å²) in [6, 6.07) is 0. The summed E-state index contributed by atoms with van der Waals surface area (Å²) in [6.07, 6.45) is 9.36. The van der Waals surface area contributed by atoms with Crippen LogP contribution in [0.5, 0.6) is 0 Å². The molecule has 0 saturated heterocycles. The van der Waals surface area contributed by atoms with Gasteiger partial charge in [-0.1, -0.05) is 40.2 Å². The average Bonchev–Trinajstić information content (AvgIpc) is 2.83. The normalized spacial score (nSPS) is 48.5. The first-order valence-electron chi connectivity index (χ1n) is 10.7. The van der Waals surface area contributed by atoms with Gasteiger partial charge >= 0.3 is 0 Å². The molecule has 7 atom stereocenters. The Morgan fingerprint density at radius 3 is 2.58 bits per heavy atom. The molecule has 3 saturated carbocycles. The molecular formula is C23H35O3-. The Morgan fingerprint density at radius 1 is 1.15 bits per heavy atom. The van der Waals surface area contributed by atoms with Crippen LogP contribution in [0.25, 0.3) is 0 Å². The number of ether oxygens (including phenoxy) is 1. The SMILES string of the molecule is C[C@H]1CCC2C3C(CC[C@@]21C)[C@@]1(C)CCC(=O)C=C1C[C@@H]3OC(C)(C)[O-]. The standard InChI is InChI=1S/C23H35O3/c1-14-6-7-17-20-18(9-11-22(14,17)4)23(5)10-8-16(24)12-15(23)13-19(20)26-21(2,3)25/h12,14,17-20H,6-11,13H2,1-5H3/q-1/t14-,17?,18?,19-,20?,22+,23-/m0/s1. The van der Waals surface area contributed by atoms with Crippen LogP contribution in [0.4, 0.5) is 0 Å². The van der Waals surface area contributed by atoms with Crippen LogP contribution in [0, 0.1) is 34.5 Å². The maximum atomic E-state index is 12.5. The largest absolute Gasteiger partial charge is 0.829 e. The van der Waals surface area contributed by atoms with Crippen molar-refractivity contribution in [3.05, 3.63) is 11.6 Å². The van der Waals surface area contributed by atoms with E-state index in [1.165, 1.54) is 31.3 Å². The monoisotopic (exact) mass is 359 g/mol. The minimum atomic E-state index is -1.37. The fourth-order valence-electron chi connectivity index (χ4n) is 7.25. The van der Waals surface area contributed by atoms with Gasteiger partial charge in [-0.25, -0.2) is 0 Å². The molecule has 0 radical (unpaired) electrons. The second-order valence-electron chi connectivity index (χ2n) is 10.6. The van der Waals surface area contributed by atoms with E-state index >= 15 is 0 Å². The zero-order valence-corrected chi connectivity index (χ0v) is 17.1. The molecule has 3 unspecified atom stereocenters. The lowest BCUT2D eigenvalue weighted by molar-refractivity contribution is -0.551. The third kappa shape index (κ3) is 2.73. The van der Waals surface area contributed by atoms with Crippen LogP contribution in [0.1, 0.15) is 79.6 Å².